The van der Waals surface area contributed by atoms with E-state index in [4.69, 9.17) is 5.11 Å². The van der Waals surface area contributed by atoms with Crippen LogP contribution in [0.5, 0.6) is 0 Å². The fourth-order valence-corrected chi connectivity index (χ4v) is 2.42. The second-order valence-corrected chi connectivity index (χ2v) is 6.20. The van der Waals surface area contributed by atoms with Gasteiger partial charge in [-0.2, -0.15) is 0 Å². The van der Waals surface area contributed by atoms with Gasteiger partial charge in [-0.3, -0.25) is 14.4 Å². The van der Waals surface area contributed by atoms with Crippen molar-refractivity contribution in [3.63, 3.8) is 0 Å². The highest BCUT2D eigenvalue weighted by molar-refractivity contribution is 5.80. The molecule has 0 atom stereocenters. The third-order valence-corrected chi connectivity index (χ3v) is 3.82. The molecule has 24 heavy (non-hydrogen) atoms. The molecule has 0 spiro atoms. The zero-order valence-electron chi connectivity index (χ0n) is 15.1. The number of nitrogens with one attached hydrogen (secondary N) is 2. The van der Waals surface area contributed by atoms with Crippen molar-refractivity contribution in [1.82, 2.24) is 10.6 Å². The van der Waals surface area contributed by atoms with Gasteiger partial charge in [0.25, 0.3) is 0 Å². The molecule has 0 bridgehead atoms. The van der Waals surface area contributed by atoms with E-state index in [0.717, 1.165) is 45.1 Å². The standard InChI is InChI=1S/C18H34N2O4/c1-2-14-19-16(21)12-10-8-6-4-3-5-7-9-11-13-17(22)20-15-18(23)24/h2-15H2,1H3,(H,19,21)(H,20,22)(H,23,24). The fourth-order valence-electron chi connectivity index (χ4n) is 2.42. The summed E-state index contributed by atoms with van der Waals surface area (Å²) in [4.78, 5) is 33.0. The summed E-state index contributed by atoms with van der Waals surface area (Å²) in [5.74, 6) is -1.02. The van der Waals surface area contributed by atoms with E-state index in [0.29, 0.717) is 12.8 Å². The average Bonchev–Trinajstić information content (AvgIpc) is 2.55. The van der Waals surface area contributed by atoms with Crippen LogP contribution in [0.25, 0.3) is 0 Å². The molecule has 0 heterocycles. The smallest absolute Gasteiger partial charge is 0.322 e. The first-order chi connectivity index (χ1) is 11.6. The molecular formula is C18H34N2O4. The van der Waals surface area contributed by atoms with Crippen LogP contribution in [0.1, 0.15) is 84.0 Å². The molecule has 0 fully saturated rings. The van der Waals surface area contributed by atoms with Crippen LogP contribution >= 0.6 is 0 Å². The Morgan fingerprint density at radius 3 is 1.54 bits per heavy atom. The van der Waals surface area contributed by atoms with Crippen molar-refractivity contribution in [2.75, 3.05) is 13.1 Å². The van der Waals surface area contributed by atoms with Gasteiger partial charge in [0.2, 0.25) is 11.8 Å². The van der Waals surface area contributed by atoms with Gasteiger partial charge in [0, 0.05) is 19.4 Å². The lowest BCUT2D eigenvalue weighted by atomic mass is 10.1. The predicted octanol–water partition coefficient (Wildman–Crippen LogP) is 3.00. The number of unbranched alkanes of at least 4 members (excludes halogenated alkanes) is 8. The summed E-state index contributed by atoms with van der Waals surface area (Å²) in [7, 11) is 0. The second-order valence-electron chi connectivity index (χ2n) is 6.20. The minimum absolute atomic E-state index is 0.171. The largest absolute Gasteiger partial charge is 0.480 e. The number of rotatable bonds is 16. The highest BCUT2D eigenvalue weighted by Gasteiger charge is 2.03. The molecule has 0 radical (unpaired) electrons. The Morgan fingerprint density at radius 1 is 0.708 bits per heavy atom. The Labute approximate surface area is 145 Å². The highest BCUT2D eigenvalue weighted by Crippen LogP contribution is 2.11. The van der Waals surface area contributed by atoms with Crippen LogP contribution in [0.15, 0.2) is 0 Å². The van der Waals surface area contributed by atoms with Gasteiger partial charge in [-0.15, -0.1) is 0 Å². The molecule has 6 nitrogen and oxygen atoms in total. The number of amides is 2. The predicted molar refractivity (Wildman–Crippen MR) is 94.7 cm³/mol. The minimum Gasteiger partial charge on any atom is -0.480 e. The third-order valence-electron chi connectivity index (χ3n) is 3.82. The quantitative estimate of drug-likeness (QED) is 0.376. The van der Waals surface area contributed by atoms with Gasteiger partial charge in [0.1, 0.15) is 6.54 Å². The Kier molecular flexibility index (Phi) is 15.2. The number of carbonyl (C=O) groups is 3. The molecule has 0 aliphatic carbocycles. The molecule has 3 N–H and O–H groups in total. The number of carbonyl (C=O) groups excluding carboxylic acids is 2. The molecule has 140 valence electrons. The number of aliphatic carboxylic acids is 1. The van der Waals surface area contributed by atoms with E-state index in [2.05, 4.69) is 17.6 Å². The van der Waals surface area contributed by atoms with E-state index >= 15 is 0 Å². The molecular weight excluding hydrogens is 308 g/mol. The summed E-state index contributed by atoms with van der Waals surface area (Å²) >= 11 is 0. The minimum atomic E-state index is -1.01. The van der Waals surface area contributed by atoms with Crippen molar-refractivity contribution < 1.29 is 19.5 Å². The van der Waals surface area contributed by atoms with Gasteiger partial charge in [-0.25, -0.2) is 0 Å². The Balaban J connectivity index is 3.21. The van der Waals surface area contributed by atoms with E-state index in [1.54, 1.807) is 0 Å². The summed E-state index contributed by atoms with van der Waals surface area (Å²) in [6.45, 7) is 2.54. The summed E-state index contributed by atoms with van der Waals surface area (Å²) in [6, 6.07) is 0. The van der Waals surface area contributed by atoms with Crippen molar-refractivity contribution in [3.05, 3.63) is 0 Å². The zero-order chi connectivity index (χ0) is 18.0. The van der Waals surface area contributed by atoms with E-state index < -0.39 is 5.97 Å². The van der Waals surface area contributed by atoms with Gasteiger partial charge >= 0.3 is 5.97 Å². The number of hydrogen-bond acceptors (Lipinski definition) is 3. The summed E-state index contributed by atoms with van der Waals surface area (Å²) in [6.07, 6.45) is 11.8. The lowest BCUT2D eigenvalue weighted by Crippen LogP contribution is -2.28. The topological polar surface area (TPSA) is 95.5 Å². The van der Waals surface area contributed by atoms with Crippen molar-refractivity contribution in [3.8, 4) is 0 Å². The zero-order valence-corrected chi connectivity index (χ0v) is 15.1. The van der Waals surface area contributed by atoms with Crippen LogP contribution in [0.3, 0.4) is 0 Å². The second kappa shape index (κ2) is 16.3. The maximum absolute atomic E-state index is 11.4. The maximum Gasteiger partial charge on any atom is 0.322 e. The molecule has 6 heteroatoms. The molecule has 0 saturated carbocycles. The lowest BCUT2D eigenvalue weighted by molar-refractivity contribution is -0.138. The lowest BCUT2D eigenvalue weighted by Gasteiger charge is -2.04. The summed E-state index contributed by atoms with van der Waals surface area (Å²) in [5, 5.41) is 13.7. The molecule has 0 aromatic rings. The Hall–Kier alpha value is -1.59. The van der Waals surface area contributed by atoms with Crippen LogP contribution in [-0.2, 0) is 14.4 Å². The van der Waals surface area contributed by atoms with E-state index in [1.165, 1.54) is 25.7 Å². The van der Waals surface area contributed by atoms with Crippen LogP contribution in [0.2, 0.25) is 0 Å². The maximum atomic E-state index is 11.4. The SMILES string of the molecule is CCCNC(=O)CCCCCCCCCCCC(=O)NCC(=O)O. The summed E-state index contributed by atoms with van der Waals surface area (Å²) < 4.78 is 0. The molecule has 0 aromatic heterocycles. The van der Waals surface area contributed by atoms with Crippen LogP contribution < -0.4 is 10.6 Å². The van der Waals surface area contributed by atoms with E-state index in [9.17, 15) is 14.4 Å². The summed E-state index contributed by atoms with van der Waals surface area (Å²) in [5.41, 5.74) is 0. The van der Waals surface area contributed by atoms with Crippen LogP contribution in [0.4, 0.5) is 0 Å². The first-order valence-corrected chi connectivity index (χ1v) is 9.31. The molecule has 2 amide bonds. The van der Waals surface area contributed by atoms with Gasteiger partial charge in [-0.1, -0.05) is 51.9 Å². The Bertz CT molecular complexity index is 359. The van der Waals surface area contributed by atoms with Gasteiger partial charge in [-0.05, 0) is 19.3 Å². The molecule has 0 rings (SSSR count). The van der Waals surface area contributed by atoms with Crippen LogP contribution in [0, 0.1) is 0 Å². The van der Waals surface area contributed by atoms with E-state index in [1.807, 2.05) is 0 Å². The molecule has 0 unspecified atom stereocenters. The molecule has 0 saturated heterocycles. The van der Waals surface area contributed by atoms with Crippen molar-refractivity contribution in [2.45, 2.75) is 84.0 Å². The van der Waals surface area contributed by atoms with Gasteiger partial charge < -0.3 is 15.7 Å². The monoisotopic (exact) mass is 342 g/mol. The molecule has 0 aliphatic heterocycles. The first kappa shape index (κ1) is 22.4. The van der Waals surface area contributed by atoms with Crippen molar-refractivity contribution >= 4 is 17.8 Å². The fraction of sp³-hybridized carbons (Fsp3) is 0.833. The van der Waals surface area contributed by atoms with Crippen LogP contribution in [-0.4, -0.2) is 36.0 Å². The highest BCUT2D eigenvalue weighted by atomic mass is 16.4. The normalized spacial score (nSPS) is 10.4. The van der Waals surface area contributed by atoms with Gasteiger partial charge in [0.05, 0.1) is 0 Å². The Morgan fingerprint density at radius 2 is 1.12 bits per heavy atom. The van der Waals surface area contributed by atoms with Crippen molar-refractivity contribution in [1.29, 1.82) is 0 Å². The van der Waals surface area contributed by atoms with Gasteiger partial charge in [0.15, 0.2) is 0 Å². The molecule has 0 aliphatic rings. The van der Waals surface area contributed by atoms with E-state index in [-0.39, 0.29) is 18.4 Å². The first-order valence-electron chi connectivity index (χ1n) is 9.31. The number of carboxylic acid groups (broad SMARTS) is 1. The average molecular weight is 342 g/mol. The number of carboxylic acids is 1. The number of hydrogen-bond donors (Lipinski definition) is 3. The molecule has 0 aromatic carbocycles. The van der Waals surface area contributed by atoms with Crippen molar-refractivity contribution in [2.24, 2.45) is 0 Å². The third kappa shape index (κ3) is 16.8.